The minimum atomic E-state index is -0.225. The van der Waals surface area contributed by atoms with E-state index in [1.807, 2.05) is 30.3 Å². The number of fused-ring (bicyclic) bond motifs is 1. The first-order chi connectivity index (χ1) is 13.3. The van der Waals surface area contributed by atoms with Crippen molar-refractivity contribution in [3.05, 3.63) is 54.4 Å². The Kier molecular flexibility index (Phi) is 6.84. The molecule has 1 amide bonds. The number of aromatic nitrogens is 3. The molecule has 3 aromatic rings. The van der Waals surface area contributed by atoms with Crippen molar-refractivity contribution < 1.29 is 9.53 Å². The molecule has 1 aliphatic heterocycles. The number of hydrogen-bond donors (Lipinski definition) is 2. The third-order valence-electron chi connectivity index (χ3n) is 4.80. The zero-order valence-corrected chi connectivity index (χ0v) is 16.3. The highest BCUT2D eigenvalue weighted by atomic mass is 35.5. The Bertz CT molecular complexity index is 924. The molecule has 148 valence electrons. The number of piperidine rings is 1. The molecule has 4 rings (SSSR count). The number of nitrogens with one attached hydrogen (secondary N) is 2. The number of carbonyl (C=O) groups is 1. The van der Waals surface area contributed by atoms with Crippen LogP contribution in [0.5, 0.6) is 5.75 Å². The highest BCUT2D eigenvalue weighted by Gasteiger charge is 2.18. The van der Waals surface area contributed by atoms with Crippen LogP contribution in [0, 0.1) is 0 Å². The first kappa shape index (κ1) is 20.1. The summed E-state index contributed by atoms with van der Waals surface area (Å²) in [5, 5.41) is 16.6. The zero-order valence-electron chi connectivity index (χ0n) is 15.5. The average Bonchev–Trinajstić information content (AvgIpc) is 3.22. The quantitative estimate of drug-likeness (QED) is 0.620. The van der Waals surface area contributed by atoms with Gasteiger partial charge in [-0.3, -0.25) is 4.79 Å². The van der Waals surface area contributed by atoms with Crippen molar-refractivity contribution in [2.45, 2.75) is 18.9 Å². The summed E-state index contributed by atoms with van der Waals surface area (Å²) in [7, 11) is 0. The molecule has 0 aliphatic carbocycles. The summed E-state index contributed by atoms with van der Waals surface area (Å²) in [6, 6.07) is 14.4. The van der Waals surface area contributed by atoms with Gasteiger partial charge in [-0.2, -0.15) is 0 Å². The Labute approximate surface area is 169 Å². The van der Waals surface area contributed by atoms with Crippen molar-refractivity contribution in [3.8, 4) is 5.75 Å². The van der Waals surface area contributed by atoms with Gasteiger partial charge in [0.15, 0.2) is 5.69 Å². The van der Waals surface area contributed by atoms with Crippen LogP contribution in [0.25, 0.3) is 10.8 Å². The Morgan fingerprint density at radius 2 is 1.96 bits per heavy atom. The van der Waals surface area contributed by atoms with E-state index in [0.717, 1.165) is 37.1 Å². The largest absolute Gasteiger partial charge is 0.492 e. The number of rotatable bonds is 6. The molecule has 1 aromatic heterocycles. The minimum Gasteiger partial charge on any atom is -0.492 e. The lowest BCUT2D eigenvalue weighted by molar-refractivity contribution is 0.0942. The van der Waals surface area contributed by atoms with Gasteiger partial charge in [-0.15, -0.1) is 17.5 Å². The number of nitrogens with zero attached hydrogens (tertiary/aromatic N) is 3. The third kappa shape index (κ3) is 4.79. The zero-order chi connectivity index (χ0) is 18.5. The van der Waals surface area contributed by atoms with E-state index in [0.29, 0.717) is 24.9 Å². The number of ether oxygens (including phenoxy) is 1. The fourth-order valence-corrected chi connectivity index (χ4v) is 3.31. The van der Waals surface area contributed by atoms with E-state index in [-0.39, 0.29) is 18.3 Å². The van der Waals surface area contributed by atoms with Crippen molar-refractivity contribution >= 4 is 29.1 Å². The van der Waals surface area contributed by atoms with E-state index < -0.39 is 0 Å². The van der Waals surface area contributed by atoms with Crippen LogP contribution >= 0.6 is 12.4 Å². The smallest absolute Gasteiger partial charge is 0.273 e. The van der Waals surface area contributed by atoms with E-state index in [9.17, 15) is 4.79 Å². The molecule has 0 radical (unpaired) electrons. The second-order valence-corrected chi connectivity index (χ2v) is 6.68. The summed E-state index contributed by atoms with van der Waals surface area (Å²) in [6.45, 7) is 2.74. The van der Waals surface area contributed by atoms with Gasteiger partial charge in [0.1, 0.15) is 12.4 Å². The van der Waals surface area contributed by atoms with E-state index in [1.165, 1.54) is 5.39 Å². The SMILES string of the molecule is Cl.O=C(NCCOc1ccc2ccccc2c1)c1cn(C2CCNCC2)nn1. The highest BCUT2D eigenvalue weighted by molar-refractivity contribution is 5.91. The predicted octanol–water partition coefficient (Wildman–Crippen LogP) is 2.59. The van der Waals surface area contributed by atoms with Gasteiger partial charge >= 0.3 is 0 Å². The van der Waals surface area contributed by atoms with E-state index in [4.69, 9.17) is 4.74 Å². The van der Waals surface area contributed by atoms with Crippen LogP contribution in [-0.4, -0.2) is 47.1 Å². The van der Waals surface area contributed by atoms with Crippen LogP contribution in [0.15, 0.2) is 48.7 Å². The molecule has 1 aliphatic rings. The van der Waals surface area contributed by atoms with Crippen LogP contribution in [0.2, 0.25) is 0 Å². The minimum absolute atomic E-state index is 0. The average molecular weight is 402 g/mol. The van der Waals surface area contributed by atoms with Crippen LogP contribution in [0.1, 0.15) is 29.4 Å². The molecule has 28 heavy (non-hydrogen) atoms. The third-order valence-corrected chi connectivity index (χ3v) is 4.80. The van der Waals surface area contributed by atoms with Crippen molar-refractivity contribution in [2.24, 2.45) is 0 Å². The lowest BCUT2D eigenvalue weighted by atomic mass is 10.1. The van der Waals surface area contributed by atoms with Crippen LogP contribution < -0.4 is 15.4 Å². The molecule has 0 spiro atoms. The highest BCUT2D eigenvalue weighted by Crippen LogP contribution is 2.20. The number of hydrogen-bond acceptors (Lipinski definition) is 5. The summed E-state index contributed by atoms with van der Waals surface area (Å²) in [4.78, 5) is 12.2. The van der Waals surface area contributed by atoms with Crippen molar-refractivity contribution in [1.82, 2.24) is 25.6 Å². The molecule has 7 nitrogen and oxygen atoms in total. The van der Waals surface area contributed by atoms with Crippen LogP contribution in [-0.2, 0) is 0 Å². The first-order valence-electron chi connectivity index (χ1n) is 9.32. The number of carbonyl (C=O) groups excluding carboxylic acids is 1. The molecule has 0 unspecified atom stereocenters. The Hall–Kier alpha value is -2.64. The number of amides is 1. The topological polar surface area (TPSA) is 81.1 Å². The molecule has 0 bridgehead atoms. The second-order valence-electron chi connectivity index (χ2n) is 6.68. The maximum atomic E-state index is 12.2. The van der Waals surface area contributed by atoms with Crippen molar-refractivity contribution in [2.75, 3.05) is 26.2 Å². The monoisotopic (exact) mass is 401 g/mol. The van der Waals surface area contributed by atoms with Gasteiger partial charge in [0.25, 0.3) is 5.91 Å². The first-order valence-corrected chi connectivity index (χ1v) is 9.32. The molecular weight excluding hydrogens is 378 g/mol. The second kappa shape index (κ2) is 9.52. The molecule has 8 heteroatoms. The van der Waals surface area contributed by atoms with E-state index in [1.54, 1.807) is 10.9 Å². The van der Waals surface area contributed by atoms with Crippen LogP contribution in [0.4, 0.5) is 0 Å². The number of benzene rings is 2. The Morgan fingerprint density at radius 3 is 2.79 bits per heavy atom. The molecule has 2 aromatic carbocycles. The summed E-state index contributed by atoms with van der Waals surface area (Å²) in [5.74, 6) is 0.567. The van der Waals surface area contributed by atoms with Crippen molar-refractivity contribution in [3.63, 3.8) is 0 Å². The summed E-state index contributed by atoms with van der Waals surface area (Å²) >= 11 is 0. The van der Waals surface area contributed by atoms with Crippen LogP contribution in [0.3, 0.4) is 0 Å². The molecule has 1 saturated heterocycles. The van der Waals surface area contributed by atoms with E-state index >= 15 is 0 Å². The van der Waals surface area contributed by atoms with Gasteiger partial charge in [-0.25, -0.2) is 4.68 Å². The Balaban J connectivity index is 0.00000225. The molecular formula is C20H24ClN5O2. The maximum Gasteiger partial charge on any atom is 0.273 e. The van der Waals surface area contributed by atoms with Gasteiger partial charge in [-0.1, -0.05) is 35.5 Å². The fraction of sp³-hybridized carbons (Fsp3) is 0.350. The van der Waals surface area contributed by atoms with Crippen molar-refractivity contribution in [1.29, 1.82) is 0 Å². The molecule has 2 heterocycles. The van der Waals surface area contributed by atoms with Gasteiger partial charge in [0.05, 0.1) is 18.8 Å². The molecule has 0 saturated carbocycles. The van der Waals surface area contributed by atoms with Gasteiger partial charge < -0.3 is 15.4 Å². The van der Waals surface area contributed by atoms with Gasteiger partial charge in [-0.05, 0) is 48.8 Å². The van der Waals surface area contributed by atoms with E-state index in [2.05, 4.69) is 33.1 Å². The fourth-order valence-electron chi connectivity index (χ4n) is 3.31. The summed E-state index contributed by atoms with van der Waals surface area (Å²) in [6.07, 6.45) is 3.74. The lowest BCUT2D eigenvalue weighted by Gasteiger charge is -2.22. The maximum absolute atomic E-state index is 12.2. The normalized spacial score (nSPS) is 14.4. The molecule has 0 atom stereocenters. The standard InChI is InChI=1S/C20H23N5O2.ClH/c26-20(19-14-25(24-23-19)17-7-9-21-10-8-17)22-11-12-27-18-6-5-15-3-1-2-4-16(15)13-18;/h1-6,13-14,17,21H,7-12H2,(H,22,26);1H. The predicted molar refractivity (Wildman–Crippen MR) is 110 cm³/mol. The Morgan fingerprint density at radius 1 is 1.18 bits per heavy atom. The number of halogens is 1. The molecule has 2 N–H and O–H groups in total. The molecule has 1 fully saturated rings. The lowest BCUT2D eigenvalue weighted by Crippen LogP contribution is -2.30. The van der Waals surface area contributed by atoms with Gasteiger partial charge in [0.2, 0.25) is 0 Å². The summed E-state index contributed by atoms with van der Waals surface area (Å²) < 4.78 is 7.54. The van der Waals surface area contributed by atoms with Gasteiger partial charge in [0, 0.05) is 0 Å². The summed E-state index contributed by atoms with van der Waals surface area (Å²) in [5.41, 5.74) is 0.347.